The third-order valence-corrected chi connectivity index (χ3v) is 2.73. The summed E-state index contributed by atoms with van der Waals surface area (Å²) in [5.74, 6) is 0.759. The molecule has 74 valence electrons. The Bertz CT molecular complexity index is 367. The molecule has 2 N–H and O–H groups in total. The molecule has 0 radical (unpaired) electrons. The Kier molecular flexibility index (Phi) is 2.78. The lowest BCUT2D eigenvalue weighted by Gasteiger charge is -1.97. The number of nitrogens with one attached hydrogen (secondary N) is 2. The van der Waals surface area contributed by atoms with E-state index in [-0.39, 0.29) is 0 Å². The molecule has 0 unspecified atom stereocenters. The molecule has 0 saturated carbocycles. The van der Waals surface area contributed by atoms with Gasteiger partial charge in [0.1, 0.15) is 0 Å². The Labute approximate surface area is 86.8 Å². The van der Waals surface area contributed by atoms with E-state index < -0.39 is 0 Å². The van der Waals surface area contributed by atoms with Gasteiger partial charge in [-0.05, 0) is 19.1 Å². The van der Waals surface area contributed by atoms with Crippen molar-refractivity contribution in [3.63, 3.8) is 0 Å². The summed E-state index contributed by atoms with van der Waals surface area (Å²) >= 11 is 1.72. The van der Waals surface area contributed by atoms with Gasteiger partial charge in [0.15, 0.2) is 0 Å². The summed E-state index contributed by atoms with van der Waals surface area (Å²) in [6.45, 7) is 3.81. The van der Waals surface area contributed by atoms with E-state index in [1.165, 1.54) is 4.88 Å². The largest absolute Gasteiger partial charge is 0.353 e. The molecule has 0 saturated heterocycles. The van der Waals surface area contributed by atoms with Crippen molar-refractivity contribution in [1.29, 1.82) is 0 Å². The van der Waals surface area contributed by atoms with Crippen LogP contribution in [0.25, 0.3) is 0 Å². The van der Waals surface area contributed by atoms with Crippen molar-refractivity contribution in [3.8, 4) is 0 Å². The molecule has 1 aromatic heterocycles. The number of hydrogen-bond donors (Lipinski definition) is 2. The van der Waals surface area contributed by atoms with Crippen LogP contribution in [0.3, 0.4) is 0 Å². The lowest BCUT2D eigenvalue weighted by molar-refractivity contribution is 0.920. The van der Waals surface area contributed by atoms with Gasteiger partial charge in [-0.1, -0.05) is 0 Å². The maximum absolute atomic E-state index is 4.16. The van der Waals surface area contributed by atoms with Gasteiger partial charge in [0, 0.05) is 16.3 Å². The number of rotatable bonds is 2. The van der Waals surface area contributed by atoms with Crippen molar-refractivity contribution in [2.45, 2.75) is 6.92 Å². The van der Waals surface area contributed by atoms with Crippen LogP contribution in [0.4, 0.5) is 0 Å². The van der Waals surface area contributed by atoms with Crippen LogP contribution < -0.4 is 10.7 Å². The zero-order chi connectivity index (χ0) is 9.80. The van der Waals surface area contributed by atoms with Crippen LogP contribution in [-0.2, 0) is 0 Å². The first-order valence-corrected chi connectivity index (χ1v) is 5.30. The molecular formula is C9H12N4S. The van der Waals surface area contributed by atoms with Gasteiger partial charge in [0.2, 0.25) is 5.96 Å². The number of thiophene rings is 1. The Morgan fingerprint density at radius 1 is 1.64 bits per heavy atom. The summed E-state index contributed by atoms with van der Waals surface area (Å²) in [5, 5.41) is 7.16. The molecule has 4 nitrogen and oxygen atoms in total. The molecule has 5 heteroatoms. The fourth-order valence-corrected chi connectivity index (χ4v) is 1.90. The zero-order valence-corrected chi connectivity index (χ0v) is 8.77. The van der Waals surface area contributed by atoms with Crippen LogP contribution in [0.15, 0.2) is 22.2 Å². The highest BCUT2D eigenvalue weighted by Gasteiger charge is 2.01. The molecule has 14 heavy (non-hydrogen) atoms. The Hall–Kier alpha value is -1.36. The van der Waals surface area contributed by atoms with E-state index in [1.54, 1.807) is 17.6 Å². The number of hydrogen-bond acceptors (Lipinski definition) is 5. The number of nitrogens with zero attached hydrogens (tertiary/aromatic N) is 2. The molecule has 2 rings (SSSR count). The summed E-state index contributed by atoms with van der Waals surface area (Å²) in [7, 11) is 0. The minimum absolute atomic E-state index is 0.759. The molecule has 0 bridgehead atoms. The normalized spacial score (nSPS) is 15.6. The van der Waals surface area contributed by atoms with E-state index in [2.05, 4.69) is 39.9 Å². The van der Waals surface area contributed by atoms with E-state index in [0.717, 1.165) is 23.9 Å². The van der Waals surface area contributed by atoms with Gasteiger partial charge in [0.25, 0.3) is 0 Å². The SMILES string of the molecule is Cc1ccc(C=NNC2=NCCN2)s1. The molecule has 0 aromatic carbocycles. The van der Waals surface area contributed by atoms with Crippen LogP contribution >= 0.6 is 11.3 Å². The highest BCUT2D eigenvalue weighted by Crippen LogP contribution is 2.12. The number of aryl methyl sites for hydroxylation is 1. The van der Waals surface area contributed by atoms with Crippen molar-refractivity contribution in [2.24, 2.45) is 10.1 Å². The lowest BCUT2D eigenvalue weighted by atomic mass is 10.4. The van der Waals surface area contributed by atoms with Crippen LogP contribution in [-0.4, -0.2) is 25.3 Å². The van der Waals surface area contributed by atoms with Crippen molar-refractivity contribution < 1.29 is 0 Å². The zero-order valence-electron chi connectivity index (χ0n) is 7.95. The summed E-state index contributed by atoms with van der Waals surface area (Å²) in [5.41, 5.74) is 2.85. The smallest absolute Gasteiger partial charge is 0.212 e. The molecule has 0 atom stereocenters. The maximum atomic E-state index is 4.16. The maximum Gasteiger partial charge on any atom is 0.212 e. The predicted molar refractivity (Wildman–Crippen MR) is 60.1 cm³/mol. The minimum Gasteiger partial charge on any atom is -0.353 e. The lowest BCUT2D eigenvalue weighted by Crippen LogP contribution is -2.30. The fourth-order valence-electron chi connectivity index (χ4n) is 1.15. The monoisotopic (exact) mass is 208 g/mol. The van der Waals surface area contributed by atoms with Crippen LogP contribution in [0.5, 0.6) is 0 Å². The Balaban J connectivity index is 1.88. The van der Waals surface area contributed by atoms with Gasteiger partial charge in [0.05, 0.1) is 12.8 Å². The van der Waals surface area contributed by atoms with E-state index in [1.807, 2.05) is 0 Å². The first-order chi connectivity index (χ1) is 6.84. The van der Waals surface area contributed by atoms with Gasteiger partial charge < -0.3 is 5.32 Å². The minimum atomic E-state index is 0.759. The molecule has 1 aliphatic heterocycles. The average molecular weight is 208 g/mol. The molecule has 0 fully saturated rings. The molecular weight excluding hydrogens is 196 g/mol. The predicted octanol–water partition coefficient (Wildman–Crippen LogP) is 0.939. The van der Waals surface area contributed by atoms with Crippen molar-refractivity contribution >= 4 is 23.5 Å². The second kappa shape index (κ2) is 4.23. The highest BCUT2D eigenvalue weighted by atomic mass is 32.1. The molecule has 2 heterocycles. The number of hydrazone groups is 1. The van der Waals surface area contributed by atoms with Gasteiger partial charge in [-0.25, -0.2) is 10.4 Å². The summed E-state index contributed by atoms with van der Waals surface area (Å²) in [6.07, 6.45) is 1.81. The van der Waals surface area contributed by atoms with E-state index >= 15 is 0 Å². The quantitative estimate of drug-likeness (QED) is 0.561. The van der Waals surface area contributed by atoms with Crippen molar-refractivity contribution in [1.82, 2.24) is 10.7 Å². The molecule has 0 amide bonds. The van der Waals surface area contributed by atoms with E-state index in [0.29, 0.717) is 0 Å². The molecule has 0 spiro atoms. The molecule has 1 aromatic rings. The van der Waals surface area contributed by atoms with Gasteiger partial charge >= 0.3 is 0 Å². The van der Waals surface area contributed by atoms with Crippen molar-refractivity contribution in [2.75, 3.05) is 13.1 Å². The molecule has 0 aliphatic carbocycles. The van der Waals surface area contributed by atoms with E-state index in [9.17, 15) is 0 Å². The molecule has 1 aliphatic rings. The van der Waals surface area contributed by atoms with Gasteiger partial charge in [-0.3, -0.25) is 0 Å². The first kappa shape index (κ1) is 9.21. The fraction of sp³-hybridized carbons (Fsp3) is 0.333. The standard InChI is InChI=1S/C9H12N4S/c1-7-2-3-8(14-7)6-12-13-9-10-4-5-11-9/h2-3,6H,4-5H2,1H3,(H2,10,11,13). The summed E-state index contributed by atoms with van der Waals surface area (Å²) in [6, 6.07) is 4.13. The van der Waals surface area contributed by atoms with Crippen LogP contribution in [0.1, 0.15) is 9.75 Å². The first-order valence-electron chi connectivity index (χ1n) is 4.48. The second-order valence-electron chi connectivity index (χ2n) is 2.98. The van der Waals surface area contributed by atoms with Gasteiger partial charge in [-0.15, -0.1) is 11.3 Å². The summed E-state index contributed by atoms with van der Waals surface area (Å²) in [4.78, 5) is 6.60. The third-order valence-electron chi connectivity index (χ3n) is 1.80. The Morgan fingerprint density at radius 2 is 2.57 bits per heavy atom. The van der Waals surface area contributed by atoms with Crippen LogP contribution in [0, 0.1) is 6.92 Å². The van der Waals surface area contributed by atoms with Gasteiger partial charge in [-0.2, -0.15) is 5.10 Å². The summed E-state index contributed by atoms with van der Waals surface area (Å²) < 4.78 is 0. The third kappa shape index (κ3) is 2.32. The topological polar surface area (TPSA) is 48.8 Å². The van der Waals surface area contributed by atoms with Crippen molar-refractivity contribution in [3.05, 3.63) is 21.9 Å². The van der Waals surface area contributed by atoms with Crippen LogP contribution in [0.2, 0.25) is 0 Å². The Morgan fingerprint density at radius 3 is 3.21 bits per heavy atom. The highest BCUT2D eigenvalue weighted by molar-refractivity contribution is 7.13. The second-order valence-corrected chi connectivity index (χ2v) is 4.30. The average Bonchev–Trinajstić information content (AvgIpc) is 2.77. The number of guanidine groups is 1. The van der Waals surface area contributed by atoms with E-state index in [4.69, 9.17) is 0 Å². The number of aliphatic imine (C=N–C) groups is 1.